The molecule has 1 aromatic rings. The predicted octanol–water partition coefficient (Wildman–Crippen LogP) is 4.15. The van der Waals surface area contributed by atoms with Crippen LogP contribution in [0.25, 0.3) is 0 Å². The lowest BCUT2D eigenvalue weighted by atomic mass is 10.1. The lowest BCUT2D eigenvalue weighted by molar-refractivity contribution is -0.121. The molecule has 0 aliphatic rings. The average molecular weight is 460 g/mol. The van der Waals surface area contributed by atoms with Gasteiger partial charge in [0.25, 0.3) is 0 Å². The molecule has 8 heteroatoms. The van der Waals surface area contributed by atoms with E-state index in [1.54, 1.807) is 12.1 Å². The zero-order valence-electron chi connectivity index (χ0n) is 18.9. The Hall–Kier alpha value is -1.15. The molecule has 0 aromatic heterocycles. The second-order valence-electron chi connectivity index (χ2n) is 7.60. The van der Waals surface area contributed by atoms with Crippen LogP contribution in [0.2, 0.25) is 5.02 Å². The van der Waals surface area contributed by atoms with E-state index < -0.39 is 10.0 Å². The number of rotatable bonds is 15. The van der Waals surface area contributed by atoms with E-state index >= 15 is 0 Å². The molecule has 1 atom stereocenters. The van der Waals surface area contributed by atoms with Gasteiger partial charge in [-0.05, 0) is 70.1 Å². The van der Waals surface area contributed by atoms with Gasteiger partial charge in [-0.1, -0.05) is 38.8 Å². The van der Waals surface area contributed by atoms with Crippen molar-refractivity contribution in [2.24, 2.45) is 0 Å². The molecule has 0 bridgehead atoms. The van der Waals surface area contributed by atoms with Gasteiger partial charge in [-0.15, -0.1) is 0 Å². The summed E-state index contributed by atoms with van der Waals surface area (Å²) in [5.41, 5.74) is 0. The summed E-state index contributed by atoms with van der Waals surface area (Å²) in [6.45, 7) is 12.0. The third-order valence-corrected chi connectivity index (χ3v) is 7.38. The standard InChI is InChI=1S/C22H38ClN3O3S/c1-5-8-17-26(30(28,29)21-13-11-20(23)12-14-21)18-15-22(27)24-19(4)10-9-16-25(6-2)7-3/h11-14,19H,5-10,15-18H2,1-4H3,(H,24,27). The summed E-state index contributed by atoms with van der Waals surface area (Å²) < 4.78 is 27.4. The van der Waals surface area contributed by atoms with E-state index in [1.165, 1.54) is 16.4 Å². The summed E-state index contributed by atoms with van der Waals surface area (Å²) in [6, 6.07) is 6.23. The molecular weight excluding hydrogens is 422 g/mol. The van der Waals surface area contributed by atoms with E-state index in [4.69, 9.17) is 11.6 Å². The maximum absolute atomic E-state index is 13.0. The van der Waals surface area contributed by atoms with Crippen LogP contribution in [0, 0.1) is 0 Å². The normalized spacial score (nSPS) is 13.0. The predicted molar refractivity (Wildman–Crippen MR) is 124 cm³/mol. The molecule has 0 radical (unpaired) electrons. The minimum absolute atomic E-state index is 0.0741. The number of benzene rings is 1. The van der Waals surface area contributed by atoms with E-state index in [9.17, 15) is 13.2 Å². The molecular formula is C22H38ClN3O3S. The number of sulfonamides is 1. The zero-order valence-corrected chi connectivity index (χ0v) is 20.4. The molecule has 6 nitrogen and oxygen atoms in total. The van der Waals surface area contributed by atoms with Crippen molar-refractivity contribution in [2.75, 3.05) is 32.7 Å². The first kappa shape index (κ1) is 26.9. The Balaban J connectivity index is 2.60. The Labute approximate surface area is 188 Å². The van der Waals surface area contributed by atoms with Gasteiger partial charge in [0.05, 0.1) is 4.90 Å². The van der Waals surface area contributed by atoms with Gasteiger partial charge in [0.2, 0.25) is 15.9 Å². The van der Waals surface area contributed by atoms with E-state index in [0.717, 1.165) is 45.3 Å². The molecule has 0 saturated heterocycles. The first-order valence-electron chi connectivity index (χ1n) is 11.0. The van der Waals surface area contributed by atoms with Crippen LogP contribution in [0.15, 0.2) is 29.2 Å². The monoisotopic (exact) mass is 459 g/mol. The summed E-state index contributed by atoms with van der Waals surface area (Å²) in [5.74, 6) is -0.113. The first-order valence-corrected chi connectivity index (χ1v) is 12.8. The number of nitrogens with one attached hydrogen (secondary N) is 1. The molecule has 0 aliphatic carbocycles. The lowest BCUT2D eigenvalue weighted by Crippen LogP contribution is -2.38. The number of halogens is 1. The van der Waals surface area contributed by atoms with Crippen LogP contribution in [0.1, 0.15) is 59.8 Å². The number of nitrogens with zero attached hydrogens (tertiary/aromatic N) is 2. The quantitative estimate of drug-likeness (QED) is 0.427. The fourth-order valence-electron chi connectivity index (χ4n) is 3.25. The number of carbonyl (C=O) groups excluding carboxylic acids is 1. The highest BCUT2D eigenvalue weighted by Gasteiger charge is 2.24. The number of hydrogen-bond donors (Lipinski definition) is 1. The van der Waals surface area contributed by atoms with Crippen LogP contribution in [0.5, 0.6) is 0 Å². The highest BCUT2D eigenvalue weighted by molar-refractivity contribution is 7.89. The summed E-state index contributed by atoms with van der Waals surface area (Å²) in [6.07, 6.45) is 3.71. The van der Waals surface area contributed by atoms with Gasteiger partial charge < -0.3 is 10.2 Å². The van der Waals surface area contributed by atoms with E-state index in [1.807, 2.05) is 13.8 Å². The zero-order chi connectivity index (χ0) is 22.6. The van der Waals surface area contributed by atoms with E-state index in [0.29, 0.717) is 11.6 Å². The Bertz CT molecular complexity index is 722. The number of unbranched alkanes of at least 4 members (excludes halogenated alkanes) is 1. The van der Waals surface area contributed by atoms with Crippen LogP contribution in [-0.2, 0) is 14.8 Å². The van der Waals surface area contributed by atoms with E-state index in [-0.39, 0.29) is 29.8 Å². The molecule has 0 saturated carbocycles. The largest absolute Gasteiger partial charge is 0.354 e. The van der Waals surface area contributed by atoms with Crippen molar-refractivity contribution >= 4 is 27.5 Å². The Morgan fingerprint density at radius 2 is 1.67 bits per heavy atom. The fourth-order valence-corrected chi connectivity index (χ4v) is 4.85. The van der Waals surface area contributed by atoms with Crippen LogP contribution in [0.3, 0.4) is 0 Å². The SMILES string of the molecule is CCCCN(CCC(=O)NC(C)CCCN(CC)CC)S(=O)(=O)c1ccc(Cl)cc1. The van der Waals surface area contributed by atoms with Crippen LogP contribution in [-0.4, -0.2) is 62.3 Å². The number of hydrogen-bond acceptors (Lipinski definition) is 4. The highest BCUT2D eigenvalue weighted by Crippen LogP contribution is 2.19. The summed E-state index contributed by atoms with van der Waals surface area (Å²) in [5, 5.41) is 3.49. The van der Waals surface area contributed by atoms with Crippen LogP contribution in [0.4, 0.5) is 0 Å². The van der Waals surface area contributed by atoms with Gasteiger partial charge in [-0.3, -0.25) is 4.79 Å². The third kappa shape index (κ3) is 9.33. The Morgan fingerprint density at radius 3 is 2.23 bits per heavy atom. The third-order valence-electron chi connectivity index (χ3n) is 5.21. The number of carbonyl (C=O) groups is 1. The summed E-state index contributed by atoms with van der Waals surface area (Å²) in [4.78, 5) is 15.0. The molecule has 30 heavy (non-hydrogen) atoms. The molecule has 1 amide bonds. The summed E-state index contributed by atoms with van der Waals surface area (Å²) >= 11 is 5.88. The Morgan fingerprint density at radius 1 is 1.03 bits per heavy atom. The molecule has 1 aromatic carbocycles. The topological polar surface area (TPSA) is 69.7 Å². The lowest BCUT2D eigenvalue weighted by Gasteiger charge is -2.23. The molecule has 1 rings (SSSR count). The average Bonchev–Trinajstić information content (AvgIpc) is 2.71. The molecule has 172 valence electrons. The molecule has 0 heterocycles. The molecule has 1 unspecified atom stereocenters. The minimum Gasteiger partial charge on any atom is -0.354 e. The van der Waals surface area contributed by atoms with Gasteiger partial charge in [-0.25, -0.2) is 8.42 Å². The van der Waals surface area contributed by atoms with Crippen LogP contribution < -0.4 is 5.32 Å². The van der Waals surface area contributed by atoms with Crippen molar-refractivity contribution in [3.8, 4) is 0 Å². The summed E-state index contributed by atoms with van der Waals surface area (Å²) in [7, 11) is -3.65. The van der Waals surface area contributed by atoms with Crippen LogP contribution >= 0.6 is 11.6 Å². The van der Waals surface area contributed by atoms with Gasteiger partial charge in [0, 0.05) is 30.6 Å². The van der Waals surface area contributed by atoms with Gasteiger partial charge in [-0.2, -0.15) is 4.31 Å². The van der Waals surface area contributed by atoms with Crippen molar-refractivity contribution in [1.82, 2.24) is 14.5 Å². The molecule has 0 spiro atoms. The van der Waals surface area contributed by atoms with E-state index in [2.05, 4.69) is 24.1 Å². The molecule has 1 N–H and O–H groups in total. The van der Waals surface area contributed by atoms with Gasteiger partial charge >= 0.3 is 0 Å². The first-order chi connectivity index (χ1) is 14.2. The maximum atomic E-state index is 13.0. The van der Waals surface area contributed by atoms with Crippen molar-refractivity contribution in [3.63, 3.8) is 0 Å². The fraction of sp³-hybridized carbons (Fsp3) is 0.682. The van der Waals surface area contributed by atoms with Gasteiger partial charge in [0.15, 0.2) is 0 Å². The van der Waals surface area contributed by atoms with Crippen molar-refractivity contribution in [1.29, 1.82) is 0 Å². The maximum Gasteiger partial charge on any atom is 0.243 e. The van der Waals surface area contributed by atoms with Crippen molar-refractivity contribution < 1.29 is 13.2 Å². The molecule has 0 aliphatic heterocycles. The van der Waals surface area contributed by atoms with Crippen molar-refractivity contribution in [2.45, 2.75) is 70.7 Å². The van der Waals surface area contributed by atoms with Gasteiger partial charge in [0.1, 0.15) is 0 Å². The smallest absolute Gasteiger partial charge is 0.243 e. The second kappa shape index (κ2) is 14.0. The number of amides is 1. The Kier molecular flexibility index (Phi) is 12.6. The molecule has 0 fully saturated rings. The highest BCUT2D eigenvalue weighted by atomic mass is 35.5. The second-order valence-corrected chi connectivity index (χ2v) is 9.97. The minimum atomic E-state index is -3.65. The van der Waals surface area contributed by atoms with Crippen molar-refractivity contribution in [3.05, 3.63) is 29.3 Å².